The lowest BCUT2D eigenvalue weighted by Crippen LogP contribution is -2.34. The average Bonchev–Trinajstić information content (AvgIpc) is 3.36. The van der Waals surface area contributed by atoms with Crippen molar-refractivity contribution in [3.63, 3.8) is 0 Å². The molecule has 5 rings (SSSR count). The highest BCUT2D eigenvalue weighted by Crippen LogP contribution is 2.37. The first-order valence-electron chi connectivity index (χ1n) is 10.0. The SMILES string of the molecule is Cc1nc2c(c(N3CC4CN(C(=O)c5cc(C)c(F)cn5)CC4C3)n1)CCC2. The van der Waals surface area contributed by atoms with Gasteiger partial charge in [0.25, 0.3) is 5.91 Å². The van der Waals surface area contributed by atoms with Crippen molar-refractivity contribution in [3.05, 3.63) is 46.4 Å². The van der Waals surface area contributed by atoms with Gasteiger partial charge in [-0.3, -0.25) is 4.79 Å². The molecule has 0 bridgehead atoms. The summed E-state index contributed by atoms with van der Waals surface area (Å²) in [6, 6.07) is 1.55. The highest BCUT2D eigenvalue weighted by molar-refractivity contribution is 5.92. The van der Waals surface area contributed by atoms with Crippen molar-refractivity contribution in [2.24, 2.45) is 11.8 Å². The Balaban J connectivity index is 1.31. The van der Waals surface area contributed by atoms with E-state index in [2.05, 4.69) is 14.9 Å². The molecule has 1 amide bonds. The molecule has 2 saturated heterocycles. The third-order valence-electron chi connectivity index (χ3n) is 6.36. The molecule has 0 spiro atoms. The van der Waals surface area contributed by atoms with Gasteiger partial charge in [0.1, 0.15) is 23.2 Å². The molecular formula is C21H24FN5O. The lowest BCUT2D eigenvalue weighted by molar-refractivity contribution is 0.0776. The minimum Gasteiger partial charge on any atom is -0.356 e. The second-order valence-corrected chi connectivity index (χ2v) is 8.33. The van der Waals surface area contributed by atoms with Crippen LogP contribution < -0.4 is 4.90 Å². The van der Waals surface area contributed by atoms with Crippen molar-refractivity contribution in [2.75, 3.05) is 31.1 Å². The van der Waals surface area contributed by atoms with E-state index in [9.17, 15) is 9.18 Å². The van der Waals surface area contributed by atoms with Crippen LogP contribution in [0.3, 0.4) is 0 Å². The summed E-state index contributed by atoms with van der Waals surface area (Å²) in [6.07, 6.45) is 4.42. The van der Waals surface area contributed by atoms with Gasteiger partial charge >= 0.3 is 0 Å². The van der Waals surface area contributed by atoms with E-state index in [4.69, 9.17) is 4.98 Å². The van der Waals surface area contributed by atoms with E-state index in [1.54, 1.807) is 13.0 Å². The Hall–Kier alpha value is -2.57. The van der Waals surface area contributed by atoms with Crippen LogP contribution in [0.4, 0.5) is 10.2 Å². The molecule has 1 aliphatic carbocycles. The van der Waals surface area contributed by atoms with Gasteiger partial charge in [-0.25, -0.2) is 19.3 Å². The summed E-state index contributed by atoms with van der Waals surface area (Å²) in [5.74, 6) is 2.38. The second-order valence-electron chi connectivity index (χ2n) is 8.33. The van der Waals surface area contributed by atoms with Crippen LogP contribution >= 0.6 is 0 Å². The molecule has 4 heterocycles. The van der Waals surface area contributed by atoms with Gasteiger partial charge in [-0.15, -0.1) is 0 Å². The van der Waals surface area contributed by atoms with Crippen LogP contribution in [0, 0.1) is 31.5 Å². The highest BCUT2D eigenvalue weighted by atomic mass is 19.1. The van der Waals surface area contributed by atoms with Gasteiger partial charge in [-0.1, -0.05) is 0 Å². The number of aromatic nitrogens is 3. The first kappa shape index (κ1) is 17.5. The van der Waals surface area contributed by atoms with E-state index in [-0.39, 0.29) is 11.7 Å². The van der Waals surface area contributed by atoms with E-state index in [1.807, 2.05) is 11.8 Å². The Labute approximate surface area is 163 Å². The molecule has 3 aliphatic rings. The smallest absolute Gasteiger partial charge is 0.272 e. The van der Waals surface area contributed by atoms with Crippen LogP contribution in [0.1, 0.15) is 39.6 Å². The number of carbonyl (C=O) groups excluding carboxylic acids is 1. The molecule has 0 aromatic carbocycles. The summed E-state index contributed by atoms with van der Waals surface area (Å²) in [7, 11) is 0. The van der Waals surface area contributed by atoms with Gasteiger partial charge in [0.15, 0.2) is 0 Å². The Morgan fingerprint density at radius 3 is 2.57 bits per heavy atom. The molecule has 2 unspecified atom stereocenters. The van der Waals surface area contributed by atoms with Crippen molar-refractivity contribution in [1.29, 1.82) is 0 Å². The summed E-state index contributed by atoms with van der Waals surface area (Å²) in [5.41, 5.74) is 3.33. The zero-order chi connectivity index (χ0) is 19.4. The third-order valence-corrected chi connectivity index (χ3v) is 6.36. The number of carbonyl (C=O) groups is 1. The third kappa shape index (κ3) is 2.84. The lowest BCUT2D eigenvalue weighted by atomic mass is 10.0. The number of halogens is 1. The van der Waals surface area contributed by atoms with Gasteiger partial charge in [0.05, 0.1) is 6.20 Å². The quantitative estimate of drug-likeness (QED) is 0.799. The van der Waals surface area contributed by atoms with E-state index in [0.717, 1.165) is 63.3 Å². The van der Waals surface area contributed by atoms with Crippen LogP contribution in [-0.4, -0.2) is 51.9 Å². The number of rotatable bonds is 2. The van der Waals surface area contributed by atoms with Crippen molar-refractivity contribution in [2.45, 2.75) is 33.1 Å². The Morgan fingerprint density at radius 1 is 1.11 bits per heavy atom. The molecule has 2 aromatic heterocycles. The number of hydrogen-bond donors (Lipinski definition) is 0. The topological polar surface area (TPSA) is 62.2 Å². The predicted octanol–water partition coefficient (Wildman–Crippen LogP) is 2.32. The predicted molar refractivity (Wildman–Crippen MR) is 103 cm³/mol. The van der Waals surface area contributed by atoms with Gasteiger partial charge in [-0.2, -0.15) is 0 Å². The Kier molecular flexibility index (Phi) is 4.07. The summed E-state index contributed by atoms with van der Waals surface area (Å²) < 4.78 is 13.5. The minimum absolute atomic E-state index is 0.0946. The molecule has 2 atom stereocenters. The number of likely N-dealkylation sites (tertiary alicyclic amines) is 1. The number of pyridine rings is 1. The van der Waals surface area contributed by atoms with Gasteiger partial charge in [0.2, 0.25) is 0 Å². The number of aryl methyl sites for hydroxylation is 3. The summed E-state index contributed by atoms with van der Waals surface area (Å²) in [5, 5.41) is 0. The number of hydrogen-bond acceptors (Lipinski definition) is 5. The van der Waals surface area contributed by atoms with Crippen LogP contribution in [0.2, 0.25) is 0 Å². The van der Waals surface area contributed by atoms with E-state index in [1.165, 1.54) is 11.3 Å². The molecule has 2 fully saturated rings. The second kappa shape index (κ2) is 6.50. The largest absolute Gasteiger partial charge is 0.356 e. The van der Waals surface area contributed by atoms with Crippen LogP contribution in [0.15, 0.2) is 12.3 Å². The number of anilines is 1. The molecule has 28 heavy (non-hydrogen) atoms. The standard InChI is InChI=1S/C21H24FN5O/c1-12-6-19(23-7-17(12)22)21(28)27-10-14-8-26(9-15(14)11-27)20-16-4-3-5-18(16)24-13(2)25-20/h6-7,14-15H,3-5,8-11H2,1-2H3. The van der Waals surface area contributed by atoms with Gasteiger partial charge in [-0.05, 0) is 44.7 Å². The fourth-order valence-corrected chi connectivity index (χ4v) is 4.94. The monoisotopic (exact) mass is 381 g/mol. The zero-order valence-electron chi connectivity index (χ0n) is 16.3. The Morgan fingerprint density at radius 2 is 1.86 bits per heavy atom. The first-order valence-corrected chi connectivity index (χ1v) is 10.0. The number of fused-ring (bicyclic) bond motifs is 2. The maximum atomic E-state index is 13.5. The Bertz CT molecular complexity index is 948. The van der Waals surface area contributed by atoms with Crippen LogP contribution in [-0.2, 0) is 12.8 Å². The first-order chi connectivity index (χ1) is 13.5. The molecule has 146 valence electrons. The average molecular weight is 381 g/mol. The van der Waals surface area contributed by atoms with E-state index in [0.29, 0.717) is 23.1 Å². The number of nitrogens with zero attached hydrogens (tertiary/aromatic N) is 5. The van der Waals surface area contributed by atoms with Crippen molar-refractivity contribution in [3.8, 4) is 0 Å². The fraction of sp³-hybridized carbons (Fsp3) is 0.524. The van der Waals surface area contributed by atoms with Crippen molar-refractivity contribution < 1.29 is 9.18 Å². The number of amides is 1. The van der Waals surface area contributed by atoms with Crippen molar-refractivity contribution >= 4 is 11.7 Å². The molecule has 0 N–H and O–H groups in total. The maximum absolute atomic E-state index is 13.5. The fourth-order valence-electron chi connectivity index (χ4n) is 4.94. The zero-order valence-corrected chi connectivity index (χ0v) is 16.3. The maximum Gasteiger partial charge on any atom is 0.272 e. The molecule has 6 nitrogen and oxygen atoms in total. The minimum atomic E-state index is -0.377. The lowest BCUT2D eigenvalue weighted by Gasteiger charge is -2.24. The molecule has 2 aromatic rings. The normalized spacial score (nSPS) is 23.2. The molecule has 0 radical (unpaired) electrons. The van der Waals surface area contributed by atoms with E-state index >= 15 is 0 Å². The van der Waals surface area contributed by atoms with Crippen LogP contribution in [0.25, 0.3) is 0 Å². The molecule has 2 aliphatic heterocycles. The van der Waals surface area contributed by atoms with Gasteiger partial charge < -0.3 is 9.80 Å². The van der Waals surface area contributed by atoms with Crippen molar-refractivity contribution in [1.82, 2.24) is 19.9 Å². The summed E-state index contributed by atoms with van der Waals surface area (Å²) in [4.78, 5) is 30.4. The highest BCUT2D eigenvalue weighted by Gasteiger charge is 2.43. The summed E-state index contributed by atoms with van der Waals surface area (Å²) >= 11 is 0. The summed E-state index contributed by atoms with van der Waals surface area (Å²) in [6.45, 7) is 6.93. The van der Waals surface area contributed by atoms with Gasteiger partial charge in [0, 0.05) is 49.3 Å². The molecular weight excluding hydrogens is 357 g/mol. The van der Waals surface area contributed by atoms with E-state index < -0.39 is 0 Å². The molecule has 7 heteroatoms. The molecule has 0 saturated carbocycles. The van der Waals surface area contributed by atoms with Crippen LogP contribution in [0.5, 0.6) is 0 Å².